The lowest BCUT2D eigenvalue weighted by atomic mass is 10.6. The van der Waals surface area contributed by atoms with Crippen molar-refractivity contribution in [3.63, 3.8) is 0 Å². The zero-order valence-corrected chi connectivity index (χ0v) is 15.7. The first-order chi connectivity index (χ1) is 11.1. The average molecular weight is 336 g/mol. The zero-order chi connectivity index (χ0) is 18.3. The van der Waals surface area contributed by atoms with Crippen molar-refractivity contribution in [3.8, 4) is 0 Å². The van der Waals surface area contributed by atoms with Gasteiger partial charge in [0.25, 0.3) is 0 Å². The molecule has 0 fully saturated rings. The fourth-order valence-electron chi connectivity index (χ4n) is 1.14. The minimum Gasteiger partial charge on any atom is -0.377 e. The van der Waals surface area contributed by atoms with Crippen LogP contribution in [-0.2, 0) is 23.8 Å². The number of amides is 2. The van der Waals surface area contributed by atoms with E-state index in [4.69, 9.17) is 14.2 Å². The smallest absolute Gasteiger partial charge is 0.216 e. The molecular weight excluding hydrogens is 300 g/mol. The zero-order valence-electron chi connectivity index (χ0n) is 15.7. The monoisotopic (exact) mass is 336 g/mol. The third-order valence-corrected chi connectivity index (χ3v) is 1.98. The molecule has 0 aliphatic heterocycles. The first-order valence-corrected chi connectivity index (χ1v) is 8.35. The Morgan fingerprint density at radius 2 is 0.870 bits per heavy atom. The van der Waals surface area contributed by atoms with Crippen molar-refractivity contribution >= 4 is 11.8 Å². The first kappa shape index (κ1) is 26.7. The van der Waals surface area contributed by atoms with Crippen LogP contribution < -0.4 is 10.6 Å². The van der Waals surface area contributed by atoms with Gasteiger partial charge in [0.2, 0.25) is 11.8 Å². The van der Waals surface area contributed by atoms with Gasteiger partial charge in [-0.25, -0.2) is 0 Å². The number of nitrogens with one attached hydrogen (secondary N) is 2. The van der Waals surface area contributed by atoms with Crippen LogP contribution in [0.3, 0.4) is 0 Å². The van der Waals surface area contributed by atoms with Gasteiger partial charge < -0.3 is 24.8 Å². The largest absolute Gasteiger partial charge is 0.377 e. The predicted molar refractivity (Wildman–Crippen MR) is 92.5 cm³/mol. The van der Waals surface area contributed by atoms with E-state index in [0.29, 0.717) is 52.7 Å². The summed E-state index contributed by atoms with van der Waals surface area (Å²) in [5.74, 6) is -0.118. The summed E-state index contributed by atoms with van der Waals surface area (Å²) < 4.78 is 15.7. The van der Waals surface area contributed by atoms with Crippen LogP contribution in [0.25, 0.3) is 0 Å². The van der Waals surface area contributed by atoms with Gasteiger partial charge in [0.15, 0.2) is 0 Å². The van der Waals surface area contributed by atoms with E-state index < -0.39 is 0 Å². The summed E-state index contributed by atoms with van der Waals surface area (Å²) in [6.45, 7) is 14.9. The highest BCUT2D eigenvalue weighted by molar-refractivity contribution is 5.73. The van der Waals surface area contributed by atoms with Crippen LogP contribution in [0.5, 0.6) is 0 Å². The fraction of sp³-hybridized carbons (Fsp3) is 0.875. The molecule has 7 heteroatoms. The summed E-state index contributed by atoms with van der Waals surface area (Å²) in [6.07, 6.45) is 0. The lowest BCUT2D eigenvalue weighted by molar-refractivity contribution is -0.120. The maximum Gasteiger partial charge on any atom is 0.216 e. The van der Waals surface area contributed by atoms with Crippen LogP contribution in [0.2, 0.25) is 0 Å². The van der Waals surface area contributed by atoms with Gasteiger partial charge in [0.1, 0.15) is 0 Å². The van der Waals surface area contributed by atoms with Crippen LogP contribution in [0.4, 0.5) is 0 Å². The molecule has 23 heavy (non-hydrogen) atoms. The normalized spacial score (nSPS) is 8.96. The Bertz CT molecular complexity index is 227. The first-order valence-electron chi connectivity index (χ1n) is 8.35. The average Bonchev–Trinajstić information content (AvgIpc) is 2.55. The molecule has 0 heterocycles. The van der Waals surface area contributed by atoms with Gasteiger partial charge in [-0.05, 0) is 0 Å². The molecule has 0 rings (SSSR count). The molecule has 0 aromatic heterocycles. The van der Waals surface area contributed by atoms with Crippen LogP contribution in [0.1, 0.15) is 41.5 Å². The Labute approximate surface area is 141 Å². The summed E-state index contributed by atoms with van der Waals surface area (Å²) in [5.41, 5.74) is 0. The molecule has 0 spiro atoms. The SMILES string of the molecule is CC.CC.CC(=O)NCCOCCOCCOCCNC(C)=O. The van der Waals surface area contributed by atoms with Crippen molar-refractivity contribution in [1.82, 2.24) is 10.6 Å². The molecule has 0 atom stereocenters. The van der Waals surface area contributed by atoms with E-state index in [9.17, 15) is 9.59 Å². The maximum absolute atomic E-state index is 10.5. The van der Waals surface area contributed by atoms with Crippen molar-refractivity contribution in [1.29, 1.82) is 0 Å². The standard InChI is InChI=1S/C12H24N2O5.2C2H6/c1-11(15)13-3-5-17-7-9-19-10-8-18-6-4-14-12(2)16;2*1-2/h3-10H2,1-2H3,(H,13,15)(H,14,16);2*1-2H3. The van der Waals surface area contributed by atoms with Gasteiger partial charge >= 0.3 is 0 Å². The third kappa shape index (κ3) is 33.6. The molecule has 0 unspecified atom stereocenters. The van der Waals surface area contributed by atoms with Crippen molar-refractivity contribution in [2.24, 2.45) is 0 Å². The van der Waals surface area contributed by atoms with Crippen molar-refractivity contribution < 1.29 is 23.8 Å². The van der Waals surface area contributed by atoms with Crippen LogP contribution >= 0.6 is 0 Å². The highest BCUT2D eigenvalue weighted by Crippen LogP contribution is 1.81. The second-order valence-electron chi connectivity index (χ2n) is 3.80. The molecule has 2 amide bonds. The van der Waals surface area contributed by atoms with E-state index in [1.807, 2.05) is 27.7 Å². The summed E-state index contributed by atoms with van der Waals surface area (Å²) >= 11 is 0. The molecule has 0 saturated carbocycles. The molecule has 2 N–H and O–H groups in total. The minimum absolute atomic E-state index is 0.0590. The number of hydrogen-bond acceptors (Lipinski definition) is 5. The Morgan fingerprint density at radius 3 is 1.13 bits per heavy atom. The number of hydrogen-bond donors (Lipinski definition) is 2. The summed E-state index contributed by atoms with van der Waals surface area (Å²) in [4.78, 5) is 21.1. The Morgan fingerprint density at radius 1 is 0.609 bits per heavy atom. The van der Waals surface area contributed by atoms with E-state index in [2.05, 4.69) is 10.6 Å². The lowest BCUT2D eigenvalue weighted by Gasteiger charge is -2.07. The predicted octanol–water partition coefficient (Wildman–Crippen LogP) is 1.36. The Balaban J connectivity index is -0.000000919. The molecule has 0 aliphatic carbocycles. The minimum atomic E-state index is -0.0590. The molecule has 0 bridgehead atoms. The topological polar surface area (TPSA) is 85.9 Å². The van der Waals surface area contributed by atoms with Crippen molar-refractivity contribution in [3.05, 3.63) is 0 Å². The lowest BCUT2D eigenvalue weighted by Crippen LogP contribution is -2.25. The van der Waals surface area contributed by atoms with E-state index in [0.717, 1.165) is 0 Å². The van der Waals surface area contributed by atoms with E-state index >= 15 is 0 Å². The van der Waals surface area contributed by atoms with Gasteiger partial charge in [0, 0.05) is 26.9 Å². The van der Waals surface area contributed by atoms with Crippen molar-refractivity contribution in [2.45, 2.75) is 41.5 Å². The Kier molecular flexibility index (Phi) is 29.9. The fourth-order valence-corrected chi connectivity index (χ4v) is 1.14. The second kappa shape index (κ2) is 25.8. The van der Waals surface area contributed by atoms with E-state index in [1.165, 1.54) is 13.8 Å². The highest BCUT2D eigenvalue weighted by Gasteiger charge is 1.93. The van der Waals surface area contributed by atoms with Gasteiger partial charge in [-0.2, -0.15) is 0 Å². The van der Waals surface area contributed by atoms with Crippen LogP contribution in [0, 0.1) is 0 Å². The maximum atomic E-state index is 10.5. The molecule has 0 saturated heterocycles. The van der Waals surface area contributed by atoms with Crippen LogP contribution in [-0.4, -0.2) is 64.5 Å². The second-order valence-corrected chi connectivity index (χ2v) is 3.80. The van der Waals surface area contributed by atoms with Gasteiger partial charge in [0.05, 0.1) is 39.6 Å². The molecule has 0 aliphatic rings. The summed E-state index contributed by atoms with van der Waals surface area (Å²) in [6, 6.07) is 0. The number of carbonyl (C=O) groups is 2. The van der Waals surface area contributed by atoms with E-state index in [1.54, 1.807) is 0 Å². The van der Waals surface area contributed by atoms with E-state index in [-0.39, 0.29) is 11.8 Å². The Hall–Kier alpha value is -1.18. The number of carbonyl (C=O) groups excluding carboxylic acids is 2. The molecule has 0 aromatic carbocycles. The van der Waals surface area contributed by atoms with Crippen molar-refractivity contribution in [2.75, 3.05) is 52.7 Å². The van der Waals surface area contributed by atoms with Crippen LogP contribution in [0.15, 0.2) is 0 Å². The molecular formula is C16H36N2O5. The highest BCUT2D eigenvalue weighted by atomic mass is 16.5. The molecule has 140 valence electrons. The molecule has 0 aromatic rings. The quantitative estimate of drug-likeness (QED) is 0.526. The third-order valence-electron chi connectivity index (χ3n) is 1.98. The number of rotatable bonds is 12. The number of ether oxygens (including phenoxy) is 3. The van der Waals surface area contributed by atoms with Gasteiger partial charge in [-0.1, -0.05) is 27.7 Å². The molecule has 7 nitrogen and oxygen atoms in total. The summed E-state index contributed by atoms with van der Waals surface area (Å²) in [7, 11) is 0. The van der Waals surface area contributed by atoms with Gasteiger partial charge in [-0.15, -0.1) is 0 Å². The van der Waals surface area contributed by atoms with Gasteiger partial charge in [-0.3, -0.25) is 9.59 Å². The summed E-state index contributed by atoms with van der Waals surface area (Å²) in [5, 5.41) is 5.26. The molecule has 0 radical (unpaired) electrons.